The van der Waals surface area contributed by atoms with E-state index in [1.54, 1.807) is 6.20 Å². The maximum absolute atomic E-state index is 12.4. The summed E-state index contributed by atoms with van der Waals surface area (Å²) in [6.45, 7) is 7.82. The average molecular weight is 380 g/mol. The number of aromatic nitrogens is 4. The van der Waals surface area contributed by atoms with Gasteiger partial charge in [-0.3, -0.25) is 0 Å². The lowest BCUT2D eigenvalue weighted by molar-refractivity contribution is 0.0468. The Balaban J connectivity index is 1.87. The third kappa shape index (κ3) is 4.63. The summed E-state index contributed by atoms with van der Waals surface area (Å²) < 4.78 is 5.45. The van der Waals surface area contributed by atoms with Crippen LogP contribution in [0.3, 0.4) is 0 Å². The summed E-state index contributed by atoms with van der Waals surface area (Å²) in [4.78, 5) is 28.3. The van der Waals surface area contributed by atoms with E-state index in [9.17, 15) is 4.79 Å². The Bertz CT molecular complexity index is 777. The number of hydrogen-bond acceptors (Lipinski definition) is 5. The van der Waals surface area contributed by atoms with Crippen LogP contribution in [0, 0.1) is 11.8 Å². The maximum atomic E-state index is 12.4. The summed E-state index contributed by atoms with van der Waals surface area (Å²) in [6, 6.07) is -0.259. The third-order valence-corrected chi connectivity index (χ3v) is 4.91. The number of ether oxygens (including phenoxy) is 1. The third-order valence-electron chi connectivity index (χ3n) is 4.73. The van der Waals surface area contributed by atoms with Gasteiger partial charge in [0, 0.05) is 0 Å². The Morgan fingerprint density at radius 3 is 2.65 bits per heavy atom. The molecule has 26 heavy (non-hydrogen) atoms. The van der Waals surface area contributed by atoms with Crippen LogP contribution in [0.1, 0.15) is 65.2 Å². The molecule has 7 nitrogen and oxygen atoms in total. The quantitative estimate of drug-likeness (QED) is 0.771. The predicted molar refractivity (Wildman–Crippen MR) is 99.9 cm³/mol. The lowest BCUT2D eigenvalue weighted by atomic mass is 9.79. The molecule has 1 aliphatic rings. The van der Waals surface area contributed by atoms with E-state index in [0.717, 1.165) is 25.7 Å². The Kier molecular flexibility index (Phi) is 5.37. The maximum Gasteiger partial charge on any atom is 0.408 e. The number of alkyl carbamates (subject to hydrolysis) is 1. The van der Waals surface area contributed by atoms with Gasteiger partial charge in [-0.25, -0.2) is 14.8 Å². The highest BCUT2D eigenvalue weighted by molar-refractivity contribution is 6.28. The zero-order valence-electron chi connectivity index (χ0n) is 15.7. The molecule has 0 bridgehead atoms. The van der Waals surface area contributed by atoms with Gasteiger partial charge in [0.15, 0.2) is 5.65 Å². The Hall–Kier alpha value is -1.89. The Morgan fingerprint density at radius 1 is 1.31 bits per heavy atom. The van der Waals surface area contributed by atoms with Crippen LogP contribution in [0.2, 0.25) is 5.28 Å². The lowest BCUT2D eigenvalue weighted by Crippen LogP contribution is -2.39. The van der Waals surface area contributed by atoms with Gasteiger partial charge in [0.2, 0.25) is 5.28 Å². The van der Waals surface area contributed by atoms with Crippen molar-refractivity contribution in [1.29, 1.82) is 0 Å². The topological polar surface area (TPSA) is 92.8 Å². The number of rotatable bonds is 3. The molecule has 0 aliphatic heterocycles. The first kappa shape index (κ1) is 18.9. The van der Waals surface area contributed by atoms with E-state index in [-0.39, 0.29) is 11.3 Å². The summed E-state index contributed by atoms with van der Waals surface area (Å²) >= 11 is 5.86. The highest BCUT2D eigenvalue weighted by Gasteiger charge is 2.32. The van der Waals surface area contributed by atoms with Gasteiger partial charge in [-0.2, -0.15) is 4.98 Å². The number of fused-ring (bicyclic) bond motifs is 1. The summed E-state index contributed by atoms with van der Waals surface area (Å²) in [5.74, 6) is 1.68. The van der Waals surface area contributed by atoms with Crippen LogP contribution in [0.5, 0.6) is 0 Å². The number of carbonyl (C=O) groups excluding carboxylic acids is 1. The number of nitrogens with zero attached hydrogens (tertiary/aromatic N) is 3. The van der Waals surface area contributed by atoms with Crippen molar-refractivity contribution in [2.75, 3.05) is 0 Å². The molecule has 1 amide bonds. The zero-order chi connectivity index (χ0) is 18.9. The van der Waals surface area contributed by atoms with Crippen molar-refractivity contribution in [3.05, 3.63) is 17.3 Å². The van der Waals surface area contributed by atoms with Crippen LogP contribution >= 0.6 is 11.6 Å². The molecule has 3 rings (SSSR count). The fourth-order valence-electron chi connectivity index (χ4n) is 3.42. The van der Waals surface area contributed by atoms with Gasteiger partial charge in [-0.15, -0.1) is 0 Å². The summed E-state index contributed by atoms with van der Waals surface area (Å²) in [5.41, 5.74) is 0.646. The summed E-state index contributed by atoms with van der Waals surface area (Å²) in [5, 5.41) is 3.17. The first-order valence-electron chi connectivity index (χ1n) is 9.09. The van der Waals surface area contributed by atoms with Crippen LogP contribution < -0.4 is 5.32 Å². The fourth-order valence-corrected chi connectivity index (χ4v) is 3.54. The van der Waals surface area contributed by atoms with Crippen LogP contribution in [0.4, 0.5) is 4.79 Å². The molecule has 2 heterocycles. The Morgan fingerprint density at radius 2 is 2.00 bits per heavy atom. The predicted octanol–water partition coefficient (Wildman–Crippen LogP) is 4.40. The van der Waals surface area contributed by atoms with E-state index >= 15 is 0 Å². The van der Waals surface area contributed by atoms with Crippen molar-refractivity contribution in [3.8, 4) is 0 Å². The molecule has 2 N–H and O–H groups in total. The normalized spacial score (nSPS) is 22.2. The van der Waals surface area contributed by atoms with Crippen LogP contribution in [0.25, 0.3) is 11.2 Å². The lowest BCUT2D eigenvalue weighted by Gasteiger charge is -2.32. The largest absolute Gasteiger partial charge is 0.444 e. The first-order valence-corrected chi connectivity index (χ1v) is 9.47. The molecule has 1 aliphatic carbocycles. The van der Waals surface area contributed by atoms with Crippen molar-refractivity contribution in [2.45, 2.75) is 65.0 Å². The number of nitrogens with one attached hydrogen (secondary N) is 2. The second-order valence-corrected chi connectivity index (χ2v) is 8.48. The smallest absolute Gasteiger partial charge is 0.408 e. The molecule has 1 fully saturated rings. The molecular formula is C18H26ClN5O2. The molecule has 1 saturated carbocycles. The van der Waals surface area contributed by atoms with Gasteiger partial charge in [0.25, 0.3) is 0 Å². The second-order valence-electron chi connectivity index (χ2n) is 8.14. The van der Waals surface area contributed by atoms with Crippen LogP contribution in [0.15, 0.2) is 6.20 Å². The van der Waals surface area contributed by atoms with E-state index in [4.69, 9.17) is 16.3 Å². The zero-order valence-corrected chi connectivity index (χ0v) is 16.4. The van der Waals surface area contributed by atoms with Crippen LogP contribution in [-0.4, -0.2) is 31.6 Å². The molecule has 142 valence electrons. The van der Waals surface area contributed by atoms with E-state index in [0.29, 0.717) is 28.8 Å². The number of amides is 1. The number of aromatic amines is 1. The van der Waals surface area contributed by atoms with Gasteiger partial charge in [-0.05, 0) is 57.0 Å². The highest BCUT2D eigenvalue weighted by Crippen LogP contribution is 2.36. The molecule has 2 aromatic rings. The monoisotopic (exact) mass is 379 g/mol. The van der Waals surface area contributed by atoms with Gasteiger partial charge in [0.05, 0.1) is 12.2 Å². The van der Waals surface area contributed by atoms with E-state index < -0.39 is 11.7 Å². The minimum Gasteiger partial charge on any atom is -0.444 e. The second kappa shape index (κ2) is 7.39. The van der Waals surface area contributed by atoms with Gasteiger partial charge >= 0.3 is 6.09 Å². The fraction of sp³-hybridized carbons (Fsp3) is 0.667. The molecular weight excluding hydrogens is 354 g/mol. The average Bonchev–Trinajstić information content (AvgIpc) is 2.94. The van der Waals surface area contributed by atoms with Crippen LogP contribution in [-0.2, 0) is 4.74 Å². The van der Waals surface area contributed by atoms with Crippen molar-refractivity contribution in [2.24, 2.45) is 11.8 Å². The van der Waals surface area contributed by atoms with E-state index in [1.165, 1.54) is 0 Å². The SMILES string of the molecule is CC1CCC(C(NC(=O)OC(C)(C)C)c2nc3nc(Cl)ncc3[nH]2)CC1. The number of H-pyrrole nitrogens is 1. The Labute approximate surface area is 158 Å². The van der Waals surface area contributed by atoms with Crippen molar-refractivity contribution < 1.29 is 9.53 Å². The summed E-state index contributed by atoms with van der Waals surface area (Å²) in [7, 11) is 0. The van der Waals surface area contributed by atoms with Gasteiger partial charge in [0.1, 0.15) is 16.9 Å². The molecule has 0 aromatic carbocycles. The minimum absolute atomic E-state index is 0.152. The number of imidazole rings is 1. The van der Waals surface area contributed by atoms with Crippen molar-refractivity contribution in [3.63, 3.8) is 0 Å². The molecule has 8 heteroatoms. The van der Waals surface area contributed by atoms with Gasteiger partial charge < -0.3 is 15.0 Å². The molecule has 1 unspecified atom stereocenters. The summed E-state index contributed by atoms with van der Waals surface area (Å²) in [6.07, 6.45) is 5.52. The first-order chi connectivity index (χ1) is 12.2. The minimum atomic E-state index is -0.553. The molecule has 0 spiro atoms. The number of hydrogen-bond donors (Lipinski definition) is 2. The van der Waals surface area contributed by atoms with Crippen molar-refractivity contribution >= 4 is 28.9 Å². The van der Waals surface area contributed by atoms with E-state index in [2.05, 4.69) is 32.2 Å². The van der Waals surface area contributed by atoms with Gasteiger partial charge in [-0.1, -0.05) is 19.8 Å². The molecule has 0 saturated heterocycles. The molecule has 2 aromatic heterocycles. The standard InChI is InChI=1S/C18H26ClN5O2/c1-10-5-7-11(8-6-10)13(22-17(25)26-18(2,3)4)15-21-12-9-20-16(19)24-14(12)23-15/h9-11,13H,5-8H2,1-4H3,(H,22,25)(H,20,21,23,24). The van der Waals surface area contributed by atoms with Crippen molar-refractivity contribution in [1.82, 2.24) is 25.3 Å². The molecule has 0 radical (unpaired) electrons. The number of carbonyl (C=O) groups is 1. The number of halogens is 1. The molecule has 1 atom stereocenters. The van der Waals surface area contributed by atoms with E-state index in [1.807, 2.05) is 20.8 Å². The highest BCUT2D eigenvalue weighted by atomic mass is 35.5.